The number of halogens is 1. The van der Waals surface area contributed by atoms with Crippen LogP contribution in [0.5, 0.6) is 5.75 Å². The van der Waals surface area contributed by atoms with E-state index >= 15 is 0 Å². The van der Waals surface area contributed by atoms with Crippen LogP contribution >= 0.6 is 0 Å². The second-order valence-electron chi connectivity index (χ2n) is 25.5. The van der Waals surface area contributed by atoms with Crippen molar-refractivity contribution in [2.75, 3.05) is 124 Å². The first-order chi connectivity index (χ1) is 45.4. The fraction of sp³-hybridized carbons (Fsp3) is 0.443. The lowest BCUT2D eigenvalue weighted by Gasteiger charge is -2.48. The number of hydrogen-bond acceptors (Lipinski definition) is 16. The molecule has 6 aliphatic rings. The summed E-state index contributed by atoms with van der Waals surface area (Å²) in [5.41, 5.74) is 12.8. The highest BCUT2D eigenvalue weighted by Gasteiger charge is 2.45. The van der Waals surface area contributed by atoms with Crippen molar-refractivity contribution in [1.82, 2.24) is 28.6 Å². The van der Waals surface area contributed by atoms with E-state index in [1.165, 1.54) is 37.0 Å². The highest BCUT2D eigenvalue weighted by molar-refractivity contribution is 7.90. The first kappa shape index (κ1) is 70.6. The van der Waals surface area contributed by atoms with Crippen molar-refractivity contribution in [2.45, 2.75) is 96.1 Å². The van der Waals surface area contributed by atoms with Gasteiger partial charge in [0.05, 0.1) is 40.8 Å². The summed E-state index contributed by atoms with van der Waals surface area (Å²) in [5, 5.41) is 22.2. The Morgan fingerprint density at radius 2 is 1.44 bits per heavy atom. The number of carboxylic acids is 1. The number of para-hydroxylation sites is 2. The minimum atomic E-state index is -3.67. The summed E-state index contributed by atoms with van der Waals surface area (Å²) in [7, 11) is 1.34. The first-order valence-electron chi connectivity index (χ1n) is 32.5. The molecule has 6 aromatic rings. The summed E-state index contributed by atoms with van der Waals surface area (Å²) in [6, 6.07) is 30.5. The number of benzene rings is 5. The number of rotatable bonds is 14. The summed E-state index contributed by atoms with van der Waals surface area (Å²) < 4.78 is 48.3. The van der Waals surface area contributed by atoms with Gasteiger partial charge in [-0.2, -0.15) is 12.7 Å². The smallest absolute Gasteiger partial charge is 0.331 e. The SMILES string of the molecule is C=C(O)c1cc(NS(=O)(=O)N(C)C)ccc1N1CCC(C(N)=O)(N2CCCCC2)CC1.CN1CCN(CC(=O)N2CCCc3ccccc32)CC1.Cc1ccc2c(=O)n(C3CCC(C(=O)Nc4ccccc4F)CC3)cnc2c1.Cc1ccc2c(c1)N(CC(=O)O)CC(=O)O2. The van der Waals surface area contributed by atoms with Gasteiger partial charge in [-0.25, -0.2) is 14.2 Å². The number of nitrogens with two attached hydrogens (primary N) is 1. The number of esters is 1. The number of aryl methyl sites for hydroxylation is 3. The summed E-state index contributed by atoms with van der Waals surface area (Å²) in [6.45, 7) is 15.8. The monoisotopic (exact) mass is 1320 g/mol. The summed E-state index contributed by atoms with van der Waals surface area (Å²) in [4.78, 5) is 89.1. The largest absolute Gasteiger partial charge is 0.508 e. The van der Waals surface area contributed by atoms with Crippen molar-refractivity contribution >= 4 is 85.0 Å². The molecule has 95 heavy (non-hydrogen) atoms. The molecule has 0 radical (unpaired) electrons. The van der Waals surface area contributed by atoms with E-state index < -0.39 is 33.5 Å². The number of aromatic nitrogens is 2. The molecule has 0 bridgehead atoms. The van der Waals surface area contributed by atoms with Crippen LogP contribution in [0.1, 0.15) is 92.5 Å². The second-order valence-corrected chi connectivity index (χ2v) is 27.4. The number of aliphatic hydroxyl groups excluding tert-OH is 1. The van der Waals surface area contributed by atoms with Gasteiger partial charge in [0.25, 0.3) is 5.56 Å². The average Bonchev–Trinajstić information content (AvgIpc) is 0.790. The van der Waals surface area contributed by atoms with E-state index in [4.69, 9.17) is 15.6 Å². The zero-order valence-corrected chi connectivity index (χ0v) is 55.8. The first-order valence-corrected chi connectivity index (χ1v) is 34.0. The Kier molecular flexibility index (Phi) is 23.5. The average molecular weight is 1330 g/mol. The van der Waals surface area contributed by atoms with Crippen LogP contribution in [-0.4, -0.2) is 182 Å². The van der Waals surface area contributed by atoms with E-state index in [1.807, 2.05) is 55.1 Å². The Labute approximate surface area is 555 Å². The van der Waals surface area contributed by atoms with Crippen LogP contribution in [0.25, 0.3) is 16.7 Å². The number of anilines is 5. The zero-order valence-electron chi connectivity index (χ0n) is 55.0. The number of carbonyl (C=O) groups is 5. The van der Waals surface area contributed by atoms with Gasteiger partial charge in [-0.1, -0.05) is 55.5 Å². The number of nitrogens with zero attached hydrogens (tertiary/aromatic N) is 9. The van der Waals surface area contributed by atoms with Crippen LogP contribution in [0.2, 0.25) is 0 Å². The Bertz CT molecular complexity index is 3930. The molecule has 1 aliphatic carbocycles. The molecular formula is C70H89FN12O11S. The number of likely N-dealkylation sites (N-methyl/N-ethyl adjacent to an activating group) is 1. The molecule has 0 atom stereocenters. The van der Waals surface area contributed by atoms with Crippen molar-refractivity contribution in [2.24, 2.45) is 11.7 Å². The molecule has 508 valence electrons. The number of piperidine rings is 2. The van der Waals surface area contributed by atoms with Crippen LogP contribution < -0.4 is 40.8 Å². The fourth-order valence-corrected chi connectivity index (χ4v) is 13.8. The maximum atomic E-state index is 13.7. The summed E-state index contributed by atoms with van der Waals surface area (Å²) >= 11 is 0. The van der Waals surface area contributed by atoms with E-state index in [1.54, 1.807) is 53.4 Å². The number of piperazine rings is 1. The predicted molar refractivity (Wildman–Crippen MR) is 368 cm³/mol. The van der Waals surface area contributed by atoms with Crippen LogP contribution in [0.4, 0.5) is 32.8 Å². The molecule has 1 saturated carbocycles. The van der Waals surface area contributed by atoms with Gasteiger partial charge in [0.1, 0.15) is 30.2 Å². The molecule has 5 aromatic carbocycles. The minimum absolute atomic E-state index is 0.0250. The Morgan fingerprint density at radius 1 is 0.768 bits per heavy atom. The predicted octanol–water partition coefficient (Wildman–Crippen LogP) is 7.98. The number of nitrogens with one attached hydrogen (secondary N) is 2. The van der Waals surface area contributed by atoms with Gasteiger partial charge < -0.3 is 45.6 Å². The van der Waals surface area contributed by atoms with Gasteiger partial charge in [0.2, 0.25) is 17.7 Å². The van der Waals surface area contributed by atoms with E-state index in [0.29, 0.717) is 91.7 Å². The summed E-state index contributed by atoms with van der Waals surface area (Å²) in [6.07, 6.45) is 11.1. The molecule has 5 aliphatic heterocycles. The minimum Gasteiger partial charge on any atom is -0.508 e. The third-order valence-electron chi connectivity index (χ3n) is 18.6. The molecule has 4 fully saturated rings. The van der Waals surface area contributed by atoms with Gasteiger partial charge in [0, 0.05) is 88.8 Å². The van der Waals surface area contributed by atoms with E-state index in [-0.39, 0.29) is 59.8 Å². The van der Waals surface area contributed by atoms with Crippen molar-refractivity contribution in [1.29, 1.82) is 0 Å². The lowest BCUT2D eigenvalue weighted by molar-refractivity contribution is -0.136. The molecule has 6 heterocycles. The summed E-state index contributed by atoms with van der Waals surface area (Å²) in [5.74, 6) is -1.93. The van der Waals surface area contributed by atoms with Crippen molar-refractivity contribution < 1.29 is 51.7 Å². The molecule has 12 rings (SSSR count). The number of aliphatic carboxylic acids is 1. The Balaban J connectivity index is 0.000000153. The molecule has 0 spiro atoms. The molecule has 1 aromatic heterocycles. The number of amides is 3. The number of ether oxygens (including phenoxy) is 1. The van der Waals surface area contributed by atoms with Gasteiger partial charge in [0.15, 0.2) is 5.75 Å². The standard InChI is InChI=1S/C22H22FN3O2.C21H33N5O4S.C16H23N3O.C11H11NO4/c1-14-6-11-17-20(12-14)24-13-26(22(17)28)16-9-7-15(8-10-16)21(27)25-19-5-3-2-4-18(19)23;1-16(27)18-15-17(23-31(29,30)24(2)3)7-8-19(18)25-13-9-21(10-14-25,20(22)28)26-11-5-4-6-12-26;1-17-9-11-18(12-10-17)13-16(20)19-8-4-6-14-5-2-3-7-15(14)19;1-7-2-3-9-8(4-7)12(5-10(13)14)6-11(15)16-9/h2-6,11-13,15-16H,7-10H2,1H3,(H,25,27);7-8,15,23,27H,1,4-6,9-14H2,2-3H3,(H2,22,28);2-3,5,7H,4,6,8-13H2,1H3;2-4H,5-6H2,1H3,(H,13,14). The molecule has 6 N–H and O–H groups in total. The quantitative estimate of drug-likeness (QED) is 0.0393. The molecule has 3 amide bonds. The molecular weight excluding hydrogens is 1240 g/mol. The lowest BCUT2D eigenvalue weighted by atomic mass is 9.83. The number of carboxylic acid groups (broad SMARTS) is 1. The lowest BCUT2D eigenvalue weighted by Crippen LogP contribution is -2.63. The maximum Gasteiger partial charge on any atom is 0.331 e. The third kappa shape index (κ3) is 17.8. The number of aliphatic hydroxyl groups is 1. The van der Waals surface area contributed by atoms with E-state index in [9.17, 15) is 46.7 Å². The van der Waals surface area contributed by atoms with Crippen molar-refractivity contribution in [3.8, 4) is 5.75 Å². The van der Waals surface area contributed by atoms with Crippen LogP contribution in [0.3, 0.4) is 0 Å². The van der Waals surface area contributed by atoms with Crippen LogP contribution in [0, 0.1) is 25.6 Å². The zero-order chi connectivity index (χ0) is 68.1. The molecule has 3 saturated heterocycles. The van der Waals surface area contributed by atoms with Gasteiger partial charge in [-0.15, -0.1) is 0 Å². The molecule has 0 unspecified atom stereocenters. The fourth-order valence-electron chi connectivity index (χ4n) is 13.2. The topological polar surface area (TPSA) is 277 Å². The maximum absolute atomic E-state index is 13.7. The van der Waals surface area contributed by atoms with Crippen LogP contribution in [-0.2, 0) is 40.6 Å². The normalized spacial score (nSPS) is 19.0. The molecule has 23 nitrogen and oxygen atoms in total. The number of fused-ring (bicyclic) bond motifs is 3. The second kappa shape index (κ2) is 31.7. The Hall–Kier alpha value is -8.75. The number of primary amides is 1. The highest BCUT2D eigenvalue weighted by Crippen LogP contribution is 2.38. The van der Waals surface area contributed by atoms with Gasteiger partial charge in [-0.3, -0.25) is 43.1 Å². The number of carbonyl (C=O) groups excluding carboxylic acids is 4. The highest BCUT2D eigenvalue weighted by atomic mass is 32.2. The van der Waals surface area contributed by atoms with E-state index in [0.717, 1.165) is 98.3 Å². The number of hydrogen-bond donors (Lipinski definition) is 5. The van der Waals surface area contributed by atoms with Crippen molar-refractivity contribution in [3.05, 3.63) is 154 Å². The van der Waals surface area contributed by atoms with E-state index in [2.05, 4.69) is 66.4 Å². The third-order valence-corrected chi connectivity index (χ3v) is 20.1. The van der Waals surface area contributed by atoms with Gasteiger partial charge in [-0.05, 0) is 176 Å². The Morgan fingerprint density at radius 3 is 2.12 bits per heavy atom. The van der Waals surface area contributed by atoms with Crippen LogP contribution in [0.15, 0.2) is 121 Å². The molecule has 25 heteroatoms. The van der Waals surface area contributed by atoms with Crippen molar-refractivity contribution in [3.63, 3.8) is 0 Å². The number of likely N-dealkylation sites (tertiary alicyclic amines) is 1. The van der Waals surface area contributed by atoms with Gasteiger partial charge >= 0.3 is 22.1 Å².